The zero-order chi connectivity index (χ0) is 14.7. The van der Waals surface area contributed by atoms with Gasteiger partial charge >= 0.3 is 0 Å². The minimum atomic E-state index is 0.331. The van der Waals surface area contributed by atoms with Crippen molar-refractivity contribution in [1.29, 1.82) is 0 Å². The van der Waals surface area contributed by atoms with Crippen molar-refractivity contribution in [1.82, 2.24) is 10.2 Å². The van der Waals surface area contributed by atoms with Crippen LogP contribution in [0.3, 0.4) is 0 Å². The predicted octanol–water partition coefficient (Wildman–Crippen LogP) is 4.63. The van der Waals surface area contributed by atoms with Crippen molar-refractivity contribution < 1.29 is 0 Å². The lowest BCUT2D eigenvalue weighted by Crippen LogP contribution is -2.42. The number of nitrogens with zero attached hydrogens (tertiary/aromatic N) is 1. The summed E-state index contributed by atoms with van der Waals surface area (Å²) in [6.45, 7) is 9.02. The van der Waals surface area contributed by atoms with Gasteiger partial charge in [0.05, 0.1) is 0 Å². The fourth-order valence-electron chi connectivity index (χ4n) is 3.00. The van der Waals surface area contributed by atoms with Crippen LogP contribution in [0.5, 0.6) is 0 Å². The van der Waals surface area contributed by atoms with Gasteiger partial charge in [-0.05, 0) is 57.9 Å². The fourth-order valence-corrected chi connectivity index (χ4v) is 3.83. The Morgan fingerprint density at radius 2 is 2.15 bits per heavy atom. The largest absolute Gasteiger partial charge is 0.313 e. The Hall–Kier alpha value is -0.0900. The van der Waals surface area contributed by atoms with E-state index in [2.05, 4.69) is 59.1 Å². The van der Waals surface area contributed by atoms with Crippen LogP contribution in [0.15, 0.2) is 22.7 Å². The summed E-state index contributed by atoms with van der Waals surface area (Å²) < 4.78 is 1.03. The lowest BCUT2D eigenvalue weighted by Gasteiger charge is -2.35. The Kier molecular flexibility index (Phi) is 5.91. The molecular formula is C16H24BrClN2. The molecule has 0 amide bonds. The molecule has 0 saturated carbocycles. The van der Waals surface area contributed by atoms with Crippen LogP contribution in [0.2, 0.25) is 5.02 Å². The third kappa shape index (κ3) is 3.97. The van der Waals surface area contributed by atoms with E-state index in [-0.39, 0.29) is 0 Å². The van der Waals surface area contributed by atoms with Crippen molar-refractivity contribution in [2.24, 2.45) is 0 Å². The number of hydrogen-bond acceptors (Lipinski definition) is 2. The maximum Gasteiger partial charge on any atom is 0.0464 e. The molecule has 2 atom stereocenters. The number of nitrogens with one attached hydrogen (secondary N) is 1. The Morgan fingerprint density at radius 3 is 2.70 bits per heavy atom. The van der Waals surface area contributed by atoms with Gasteiger partial charge < -0.3 is 5.32 Å². The SMILES string of the molecule is CC(C)N(CC1CCCN1)C(C)c1ccc(Br)cc1Cl. The second-order valence-corrected chi connectivity index (χ2v) is 7.25. The van der Waals surface area contributed by atoms with Crippen LogP contribution >= 0.6 is 27.5 Å². The highest BCUT2D eigenvalue weighted by molar-refractivity contribution is 9.10. The van der Waals surface area contributed by atoms with Crippen molar-refractivity contribution in [3.05, 3.63) is 33.3 Å². The van der Waals surface area contributed by atoms with Crippen molar-refractivity contribution in [2.75, 3.05) is 13.1 Å². The first-order valence-corrected chi connectivity index (χ1v) is 8.60. The summed E-state index contributed by atoms with van der Waals surface area (Å²) in [7, 11) is 0. The smallest absolute Gasteiger partial charge is 0.0464 e. The molecule has 0 bridgehead atoms. The van der Waals surface area contributed by atoms with Crippen LogP contribution in [0.1, 0.15) is 45.2 Å². The quantitative estimate of drug-likeness (QED) is 0.825. The molecule has 0 radical (unpaired) electrons. The Balaban J connectivity index is 2.14. The van der Waals surface area contributed by atoms with Gasteiger partial charge in [0.15, 0.2) is 0 Å². The maximum absolute atomic E-state index is 6.42. The number of halogens is 2. The van der Waals surface area contributed by atoms with Crippen molar-refractivity contribution in [2.45, 2.75) is 51.7 Å². The third-order valence-corrected chi connectivity index (χ3v) is 4.99. The highest BCUT2D eigenvalue weighted by atomic mass is 79.9. The first-order chi connectivity index (χ1) is 9.49. The van der Waals surface area contributed by atoms with Gasteiger partial charge in [0.25, 0.3) is 0 Å². The van der Waals surface area contributed by atoms with E-state index in [1.165, 1.54) is 18.4 Å². The van der Waals surface area contributed by atoms with E-state index in [0.29, 0.717) is 18.1 Å². The summed E-state index contributed by atoms with van der Waals surface area (Å²) in [6.07, 6.45) is 2.58. The summed E-state index contributed by atoms with van der Waals surface area (Å²) in [5.41, 5.74) is 1.21. The normalized spacial score (nSPS) is 20.9. The molecule has 1 aromatic rings. The van der Waals surface area contributed by atoms with Gasteiger partial charge in [0.2, 0.25) is 0 Å². The van der Waals surface area contributed by atoms with Gasteiger partial charge in [-0.2, -0.15) is 0 Å². The molecule has 2 rings (SSSR count). The van der Waals surface area contributed by atoms with E-state index in [1.54, 1.807) is 0 Å². The summed E-state index contributed by atoms with van der Waals surface area (Å²) in [5, 5.41) is 4.43. The highest BCUT2D eigenvalue weighted by Crippen LogP contribution is 2.31. The molecule has 1 aliphatic heterocycles. The second kappa shape index (κ2) is 7.26. The summed E-state index contributed by atoms with van der Waals surface area (Å²) in [5.74, 6) is 0. The van der Waals surface area contributed by atoms with Gasteiger partial charge in [0, 0.05) is 34.2 Å². The molecular weight excluding hydrogens is 336 g/mol. The van der Waals surface area contributed by atoms with Crippen LogP contribution in [-0.2, 0) is 0 Å². The predicted molar refractivity (Wildman–Crippen MR) is 90.4 cm³/mol. The van der Waals surface area contributed by atoms with E-state index >= 15 is 0 Å². The molecule has 2 nitrogen and oxygen atoms in total. The summed E-state index contributed by atoms with van der Waals surface area (Å²) in [4.78, 5) is 2.54. The van der Waals surface area contributed by atoms with Crippen molar-refractivity contribution in [3.63, 3.8) is 0 Å². The molecule has 4 heteroatoms. The van der Waals surface area contributed by atoms with Crippen LogP contribution in [0, 0.1) is 0 Å². The van der Waals surface area contributed by atoms with E-state index in [4.69, 9.17) is 11.6 Å². The van der Waals surface area contributed by atoms with Crippen LogP contribution in [0.4, 0.5) is 0 Å². The monoisotopic (exact) mass is 358 g/mol. The van der Waals surface area contributed by atoms with E-state index in [9.17, 15) is 0 Å². The standard InChI is InChI=1S/C16H24BrClN2/c1-11(2)20(10-14-5-4-8-19-14)12(3)15-7-6-13(17)9-16(15)18/h6-7,9,11-12,14,19H,4-5,8,10H2,1-3H3. The Bertz CT molecular complexity index is 444. The average Bonchev–Trinajstić information content (AvgIpc) is 2.87. The lowest BCUT2D eigenvalue weighted by atomic mass is 10.0. The van der Waals surface area contributed by atoms with Crippen LogP contribution in [0.25, 0.3) is 0 Å². The molecule has 1 saturated heterocycles. The number of rotatable bonds is 5. The summed E-state index contributed by atoms with van der Waals surface area (Å²) in [6, 6.07) is 7.65. The minimum absolute atomic E-state index is 0.331. The van der Waals surface area contributed by atoms with Crippen LogP contribution in [-0.4, -0.2) is 30.1 Å². The van der Waals surface area contributed by atoms with Gasteiger partial charge in [0.1, 0.15) is 0 Å². The van der Waals surface area contributed by atoms with E-state index < -0.39 is 0 Å². The molecule has 1 aliphatic rings. The molecule has 0 spiro atoms. The lowest BCUT2D eigenvalue weighted by molar-refractivity contribution is 0.150. The maximum atomic E-state index is 6.42. The first-order valence-electron chi connectivity index (χ1n) is 7.43. The topological polar surface area (TPSA) is 15.3 Å². The molecule has 1 fully saturated rings. The zero-order valence-electron chi connectivity index (χ0n) is 12.5. The number of hydrogen-bond donors (Lipinski definition) is 1. The minimum Gasteiger partial charge on any atom is -0.313 e. The van der Waals surface area contributed by atoms with Gasteiger partial charge in [-0.15, -0.1) is 0 Å². The molecule has 20 heavy (non-hydrogen) atoms. The van der Waals surface area contributed by atoms with Crippen molar-refractivity contribution in [3.8, 4) is 0 Å². The highest BCUT2D eigenvalue weighted by Gasteiger charge is 2.25. The zero-order valence-corrected chi connectivity index (χ0v) is 14.8. The van der Waals surface area contributed by atoms with Gasteiger partial charge in [-0.25, -0.2) is 0 Å². The van der Waals surface area contributed by atoms with E-state index in [0.717, 1.165) is 22.6 Å². The molecule has 1 N–H and O–H groups in total. The third-order valence-electron chi connectivity index (χ3n) is 4.17. The van der Waals surface area contributed by atoms with Crippen molar-refractivity contribution >= 4 is 27.5 Å². The van der Waals surface area contributed by atoms with Gasteiger partial charge in [-0.3, -0.25) is 4.90 Å². The second-order valence-electron chi connectivity index (χ2n) is 5.93. The molecule has 2 unspecified atom stereocenters. The van der Waals surface area contributed by atoms with Gasteiger partial charge in [-0.1, -0.05) is 33.6 Å². The molecule has 1 aromatic carbocycles. The summed E-state index contributed by atoms with van der Waals surface area (Å²) >= 11 is 9.89. The molecule has 0 aliphatic carbocycles. The Labute approximate surface area is 136 Å². The average molecular weight is 360 g/mol. The molecule has 1 heterocycles. The van der Waals surface area contributed by atoms with Crippen LogP contribution < -0.4 is 5.32 Å². The first kappa shape index (κ1) is 16.3. The molecule has 0 aromatic heterocycles. The van der Waals surface area contributed by atoms with E-state index in [1.807, 2.05) is 6.07 Å². The number of benzene rings is 1. The molecule has 112 valence electrons. The Morgan fingerprint density at radius 1 is 1.40 bits per heavy atom. The fraction of sp³-hybridized carbons (Fsp3) is 0.625.